The molecule has 0 aromatic carbocycles. The summed E-state index contributed by atoms with van der Waals surface area (Å²) in [5.41, 5.74) is 0. The molecule has 0 unspecified atom stereocenters. The van der Waals surface area contributed by atoms with E-state index in [0.29, 0.717) is 0 Å². The standard InChI is InChI=1S/C7H9BrN2O4S2/c1-14-7(11)10-16(12,13)9-4-5-2-3-6(8)15-5/h2-3,9H,4H2,1H3,(H,10,11). The van der Waals surface area contributed by atoms with Gasteiger partial charge in [0.2, 0.25) is 0 Å². The molecule has 0 aliphatic heterocycles. The zero-order valence-corrected chi connectivity index (χ0v) is 11.4. The first-order valence-corrected chi connectivity index (χ1v) is 7.12. The Hall–Kier alpha value is -0.640. The van der Waals surface area contributed by atoms with Crippen LogP contribution < -0.4 is 9.44 Å². The van der Waals surface area contributed by atoms with E-state index in [1.165, 1.54) is 11.3 Å². The number of amides is 1. The number of nitrogens with one attached hydrogen (secondary N) is 2. The van der Waals surface area contributed by atoms with Crippen LogP contribution in [0.1, 0.15) is 4.88 Å². The van der Waals surface area contributed by atoms with Crippen molar-refractivity contribution >= 4 is 43.6 Å². The first-order chi connectivity index (χ1) is 7.43. The van der Waals surface area contributed by atoms with Crippen molar-refractivity contribution in [1.29, 1.82) is 0 Å². The highest BCUT2D eigenvalue weighted by atomic mass is 79.9. The molecule has 1 aromatic heterocycles. The van der Waals surface area contributed by atoms with Gasteiger partial charge in [0.05, 0.1) is 10.9 Å². The molecule has 0 saturated carbocycles. The van der Waals surface area contributed by atoms with Gasteiger partial charge in [-0.15, -0.1) is 11.3 Å². The van der Waals surface area contributed by atoms with Crippen molar-refractivity contribution in [1.82, 2.24) is 9.44 Å². The number of hydrogen-bond acceptors (Lipinski definition) is 5. The molecule has 1 amide bonds. The van der Waals surface area contributed by atoms with Crippen molar-refractivity contribution < 1.29 is 17.9 Å². The molecule has 0 saturated heterocycles. The lowest BCUT2D eigenvalue weighted by Crippen LogP contribution is -2.39. The minimum absolute atomic E-state index is 0.114. The van der Waals surface area contributed by atoms with E-state index in [9.17, 15) is 13.2 Å². The number of ether oxygens (including phenoxy) is 1. The van der Waals surface area contributed by atoms with Crippen molar-refractivity contribution in [2.24, 2.45) is 0 Å². The summed E-state index contributed by atoms with van der Waals surface area (Å²) < 4.78 is 31.5. The van der Waals surface area contributed by atoms with Crippen molar-refractivity contribution in [2.45, 2.75) is 6.54 Å². The Morgan fingerprint density at radius 1 is 1.56 bits per heavy atom. The minimum Gasteiger partial charge on any atom is -0.452 e. The van der Waals surface area contributed by atoms with Crippen molar-refractivity contribution in [3.05, 3.63) is 20.8 Å². The molecule has 0 atom stereocenters. The van der Waals surface area contributed by atoms with Gasteiger partial charge in [0, 0.05) is 11.4 Å². The van der Waals surface area contributed by atoms with E-state index in [-0.39, 0.29) is 6.54 Å². The minimum atomic E-state index is -3.87. The zero-order chi connectivity index (χ0) is 12.2. The Bertz CT molecular complexity index is 470. The molecule has 6 nitrogen and oxygen atoms in total. The number of methoxy groups -OCH3 is 1. The summed E-state index contributed by atoms with van der Waals surface area (Å²) in [6, 6.07) is 3.58. The van der Waals surface area contributed by atoms with E-state index in [0.717, 1.165) is 15.8 Å². The molecule has 0 radical (unpaired) electrons. The number of halogens is 1. The van der Waals surface area contributed by atoms with Crippen molar-refractivity contribution in [3.8, 4) is 0 Å². The summed E-state index contributed by atoms with van der Waals surface area (Å²) in [6.45, 7) is 0.114. The summed E-state index contributed by atoms with van der Waals surface area (Å²) in [7, 11) is -2.78. The third kappa shape index (κ3) is 4.47. The van der Waals surface area contributed by atoms with Gasteiger partial charge in [-0.1, -0.05) is 0 Å². The fraction of sp³-hybridized carbons (Fsp3) is 0.286. The second-order valence-corrected chi connectivity index (χ2v) is 6.67. The normalized spacial score (nSPS) is 11.1. The third-order valence-corrected chi connectivity index (χ3v) is 4.05. The van der Waals surface area contributed by atoms with Crippen LogP contribution in [0.3, 0.4) is 0 Å². The molecule has 1 rings (SSSR count). The van der Waals surface area contributed by atoms with Gasteiger partial charge in [-0.3, -0.25) is 0 Å². The first kappa shape index (κ1) is 13.4. The monoisotopic (exact) mass is 328 g/mol. The predicted octanol–water partition coefficient (Wildman–Crippen LogP) is 1.20. The first-order valence-electron chi connectivity index (χ1n) is 4.02. The van der Waals surface area contributed by atoms with Crippen molar-refractivity contribution in [3.63, 3.8) is 0 Å². The fourth-order valence-corrected chi connectivity index (χ4v) is 3.04. The van der Waals surface area contributed by atoms with Crippen LogP contribution in [0.15, 0.2) is 15.9 Å². The van der Waals surface area contributed by atoms with E-state index in [4.69, 9.17) is 0 Å². The van der Waals surface area contributed by atoms with Crippen LogP contribution in [-0.2, 0) is 21.5 Å². The van der Waals surface area contributed by atoms with Gasteiger partial charge >= 0.3 is 16.3 Å². The Balaban J connectivity index is 2.51. The molecule has 16 heavy (non-hydrogen) atoms. The highest BCUT2D eigenvalue weighted by Crippen LogP contribution is 2.21. The van der Waals surface area contributed by atoms with E-state index >= 15 is 0 Å². The highest BCUT2D eigenvalue weighted by molar-refractivity contribution is 9.11. The van der Waals surface area contributed by atoms with Crippen LogP contribution in [0.2, 0.25) is 0 Å². The van der Waals surface area contributed by atoms with Crippen LogP contribution in [0.4, 0.5) is 4.79 Å². The largest absolute Gasteiger partial charge is 0.452 e. The average Bonchev–Trinajstić information content (AvgIpc) is 2.61. The Morgan fingerprint density at radius 2 is 2.25 bits per heavy atom. The molecular weight excluding hydrogens is 320 g/mol. The van der Waals surface area contributed by atoms with E-state index in [1.54, 1.807) is 10.8 Å². The van der Waals surface area contributed by atoms with Gasteiger partial charge in [0.15, 0.2) is 0 Å². The highest BCUT2D eigenvalue weighted by Gasteiger charge is 2.14. The molecule has 0 aliphatic carbocycles. The van der Waals surface area contributed by atoms with Gasteiger partial charge in [-0.2, -0.15) is 13.1 Å². The second kappa shape index (κ2) is 5.62. The molecule has 1 heterocycles. The number of hydrogen-bond donors (Lipinski definition) is 2. The smallest absolute Gasteiger partial charge is 0.421 e. The summed E-state index contributed by atoms with van der Waals surface area (Å²) in [6.07, 6.45) is -1.03. The SMILES string of the molecule is COC(=O)NS(=O)(=O)NCc1ccc(Br)s1. The van der Waals surface area contributed by atoms with Crippen LogP contribution >= 0.6 is 27.3 Å². The maximum Gasteiger partial charge on any atom is 0.421 e. The lowest BCUT2D eigenvalue weighted by atomic mass is 10.5. The Labute approximate surface area is 105 Å². The molecule has 2 N–H and O–H groups in total. The topological polar surface area (TPSA) is 84.5 Å². The van der Waals surface area contributed by atoms with E-state index in [2.05, 4.69) is 25.4 Å². The number of thiophene rings is 1. The van der Waals surface area contributed by atoms with Crippen molar-refractivity contribution in [2.75, 3.05) is 7.11 Å². The third-order valence-electron chi connectivity index (χ3n) is 1.47. The Kier molecular flexibility index (Phi) is 4.71. The molecule has 0 aliphatic rings. The number of carbonyl (C=O) groups is 1. The molecule has 90 valence electrons. The molecule has 0 fully saturated rings. The zero-order valence-electron chi connectivity index (χ0n) is 8.19. The summed E-state index contributed by atoms with van der Waals surface area (Å²) in [5, 5.41) is 0. The lowest BCUT2D eigenvalue weighted by Gasteiger charge is -2.05. The van der Waals surface area contributed by atoms with Gasteiger partial charge in [0.25, 0.3) is 0 Å². The fourth-order valence-electron chi connectivity index (χ4n) is 0.800. The average molecular weight is 329 g/mol. The Morgan fingerprint density at radius 3 is 2.75 bits per heavy atom. The van der Waals surface area contributed by atoms with Crippen LogP contribution in [0.25, 0.3) is 0 Å². The van der Waals surface area contributed by atoms with E-state index < -0.39 is 16.3 Å². The van der Waals surface area contributed by atoms with Crippen LogP contribution in [0, 0.1) is 0 Å². The summed E-state index contributed by atoms with van der Waals surface area (Å²) >= 11 is 4.65. The maximum absolute atomic E-state index is 11.2. The number of carbonyl (C=O) groups excluding carboxylic acids is 1. The van der Waals surface area contributed by atoms with Gasteiger partial charge < -0.3 is 4.74 Å². The number of rotatable bonds is 4. The molecule has 0 spiro atoms. The van der Waals surface area contributed by atoms with E-state index in [1.807, 2.05) is 6.07 Å². The van der Waals surface area contributed by atoms with Gasteiger partial charge in [-0.25, -0.2) is 9.52 Å². The lowest BCUT2D eigenvalue weighted by molar-refractivity contribution is 0.177. The van der Waals surface area contributed by atoms with Gasteiger partial charge in [0.1, 0.15) is 0 Å². The molecule has 1 aromatic rings. The predicted molar refractivity (Wildman–Crippen MR) is 63.3 cm³/mol. The van der Waals surface area contributed by atoms with Gasteiger partial charge in [-0.05, 0) is 28.1 Å². The second-order valence-electron chi connectivity index (χ2n) is 2.62. The van der Waals surface area contributed by atoms with Crippen LogP contribution in [-0.4, -0.2) is 21.6 Å². The molecular formula is C7H9BrN2O4S2. The maximum atomic E-state index is 11.2. The quantitative estimate of drug-likeness (QED) is 0.869. The van der Waals surface area contributed by atoms with Crippen LogP contribution in [0.5, 0.6) is 0 Å². The molecule has 9 heteroatoms. The summed E-state index contributed by atoms with van der Waals surface area (Å²) in [4.78, 5) is 11.5. The summed E-state index contributed by atoms with van der Waals surface area (Å²) in [5.74, 6) is 0. The molecule has 0 bridgehead atoms.